The summed E-state index contributed by atoms with van der Waals surface area (Å²) in [6.45, 7) is 2.08. The molecule has 0 aliphatic carbocycles. The second kappa shape index (κ2) is 4.84. The Labute approximate surface area is 121 Å². The largest absolute Gasteiger partial charge is 0.369 e. The van der Waals surface area contributed by atoms with Gasteiger partial charge in [-0.3, -0.25) is 4.99 Å². The van der Waals surface area contributed by atoms with Gasteiger partial charge in [-0.15, -0.1) is 0 Å². The zero-order valence-corrected chi connectivity index (χ0v) is 11.6. The molecular formula is C16H15F2N3. The molecular weight excluding hydrogens is 272 g/mol. The van der Waals surface area contributed by atoms with E-state index in [1.807, 2.05) is 30.3 Å². The molecule has 2 N–H and O–H groups in total. The molecule has 1 heterocycles. The molecule has 0 bridgehead atoms. The zero-order valence-electron chi connectivity index (χ0n) is 11.6. The smallest absolute Gasteiger partial charge is 0.196 e. The van der Waals surface area contributed by atoms with Gasteiger partial charge in [-0.25, -0.2) is 8.78 Å². The molecule has 1 aliphatic rings. The predicted molar refractivity (Wildman–Crippen MR) is 79.1 cm³/mol. The predicted octanol–water partition coefficient (Wildman–Crippen LogP) is 3.01. The van der Waals surface area contributed by atoms with Crippen molar-refractivity contribution in [3.05, 3.63) is 65.7 Å². The van der Waals surface area contributed by atoms with Crippen molar-refractivity contribution in [1.82, 2.24) is 0 Å². The highest BCUT2D eigenvalue weighted by Gasteiger charge is 2.42. The lowest BCUT2D eigenvalue weighted by Gasteiger charge is -2.36. The fraction of sp³-hybridized carbons (Fsp3) is 0.188. The first-order chi connectivity index (χ1) is 10.0. The van der Waals surface area contributed by atoms with Crippen molar-refractivity contribution in [2.75, 3.05) is 11.4 Å². The number of nitrogens with two attached hydrogens (primary N) is 1. The van der Waals surface area contributed by atoms with Crippen LogP contribution in [0.15, 0.2) is 53.5 Å². The second-order valence-corrected chi connectivity index (χ2v) is 5.24. The van der Waals surface area contributed by atoms with Gasteiger partial charge in [-0.1, -0.05) is 18.2 Å². The standard InChI is InChI=1S/C16H15F2N3/c1-16(13-9-11(17)7-8-14(13)18)10-20-15(19)21(16)12-5-3-2-4-6-12/h2-9H,10H2,1H3,(H2,19,20). The Kier molecular flexibility index (Phi) is 3.12. The minimum atomic E-state index is -0.850. The molecule has 0 spiro atoms. The van der Waals surface area contributed by atoms with Crippen LogP contribution < -0.4 is 10.6 Å². The molecule has 0 saturated carbocycles. The van der Waals surface area contributed by atoms with Crippen molar-refractivity contribution in [3.63, 3.8) is 0 Å². The highest BCUT2D eigenvalue weighted by Crippen LogP contribution is 2.37. The Morgan fingerprint density at radius 1 is 1.14 bits per heavy atom. The van der Waals surface area contributed by atoms with Crippen molar-refractivity contribution in [3.8, 4) is 0 Å². The van der Waals surface area contributed by atoms with Crippen LogP contribution in [0.5, 0.6) is 0 Å². The molecule has 0 saturated heterocycles. The van der Waals surface area contributed by atoms with E-state index >= 15 is 0 Å². The molecule has 1 unspecified atom stereocenters. The zero-order chi connectivity index (χ0) is 15.0. The number of rotatable bonds is 2. The van der Waals surface area contributed by atoms with E-state index in [4.69, 9.17) is 5.73 Å². The van der Waals surface area contributed by atoms with Gasteiger partial charge in [0.15, 0.2) is 5.96 Å². The first kappa shape index (κ1) is 13.5. The highest BCUT2D eigenvalue weighted by molar-refractivity contribution is 5.98. The number of guanidine groups is 1. The topological polar surface area (TPSA) is 41.6 Å². The Morgan fingerprint density at radius 2 is 1.86 bits per heavy atom. The fourth-order valence-corrected chi connectivity index (χ4v) is 2.74. The lowest BCUT2D eigenvalue weighted by Crippen LogP contribution is -2.48. The molecule has 0 radical (unpaired) electrons. The number of halogens is 2. The fourth-order valence-electron chi connectivity index (χ4n) is 2.74. The van der Waals surface area contributed by atoms with E-state index < -0.39 is 17.2 Å². The van der Waals surface area contributed by atoms with E-state index in [0.29, 0.717) is 5.96 Å². The van der Waals surface area contributed by atoms with E-state index in [2.05, 4.69) is 4.99 Å². The van der Waals surface area contributed by atoms with Gasteiger partial charge < -0.3 is 10.6 Å². The van der Waals surface area contributed by atoms with E-state index in [1.54, 1.807) is 11.8 Å². The molecule has 1 atom stereocenters. The molecule has 0 amide bonds. The van der Waals surface area contributed by atoms with E-state index in [1.165, 1.54) is 6.07 Å². The van der Waals surface area contributed by atoms with Crippen LogP contribution in [0.25, 0.3) is 0 Å². The van der Waals surface area contributed by atoms with Crippen molar-refractivity contribution < 1.29 is 8.78 Å². The van der Waals surface area contributed by atoms with Gasteiger partial charge in [0.1, 0.15) is 11.6 Å². The first-order valence-corrected chi connectivity index (χ1v) is 6.63. The van der Waals surface area contributed by atoms with E-state index in [9.17, 15) is 8.78 Å². The molecule has 2 aromatic carbocycles. The lowest BCUT2D eigenvalue weighted by molar-refractivity contribution is 0.481. The average Bonchev–Trinajstić information content (AvgIpc) is 2.79. The maximum Gasteiger partial charge on any atom is 0.196 e. The summed E-state index contributed by atoms with van der Waals surface area (Å²) in [6, 6.07) is 12.8. The second-order valence-electron chi connectivity index (χ2n) is 5.24. The van der Waals surface area contributed by atoms with Crippen LogP contribution in [-0.4, -0.2) is 12.5 Å². The molecule has 21 heavy (non-hydrogen) atoms. The van der Waals surface area contributed by atoms with E-state index in [-0.39, 0.29) is 12.1 Å². The van der Waals surface area contributed by atoms with Crippen LogP contribution in [0, 0.1) is 11.6 Å². The molecule has 3 nitrogen and oxygen atoms in total. The molecule has 0 fully saturated rings. The SMILES string of the molecule is CC1(c2cc(F)ccc2F)CN=C(N)N1c1ccccc1. The number of nitrogens with zero attached hydrogens (tertiary/aromatic N) is 2. The monoisotopic (exact) mass is 287 g/mol. The van der Waals surface area contributed by atoms with Gasteiger partial charge in [0.2, 0.25) is 0 Å². The van der Waals surface area contributed by atoms with Crippen LogP contribution in [0.4, 0.5) is 14.5 Å². The van der Waals surface area contributed by atoms with Crippen molar-refractivity contribution >= 4 is 11.6 Å². The quantitative estimate of drug-likeness (QED) is 0.922. The van der Waals surface area contributed by atoms with Crippen LogP contribution >= 0.6 is 0 Å². The summed E-state index contributed by atoms with van der Waals surface area (Å²) in [4.78, 5) is 5.97. The van der Waals surface area contributed by atoms with Crippen LogP contribution in [0.3, 0.4) is 0 Å². The molecule has 0 aromatic heterocycles. The van der Waals surface area contributed by atoms with Gasteiger partial charge in [0.05, 0.1) is 12.1 Å². The minimum Gasteiger partial charge on any atom is -0.369 e. The van der Waals surface area contributed by atoms with E-state index in [0.717, 1.165) is 17.8 Å². The number of hydrogen-bond acceptors (Lipinski definition) is 3. The Balaban J connectivity index is 2.14. The minimum absolute atomic E-state index is 0.246. The summed E-state index contributed by atoms with van der Waals surface area (Å²) in [6.07, 6.45) is 0. The van der Waals surface area contributed by atoms with Gasteiger partial charge in [0.25, 0.3) is 0 Å². The lowest BCUT2D eigenvalue weighted by atomic mass is 9.90. The summed E-state index contributed by atoms with van der Waals surface area (Å²) in [5.74, 6) is -0.650. The maximum atomic E-state index is 14.2. The number of para-hydroxylation sites is 1. The van der Waals surface area contributed by atoms with Gasteiger partial charge >= 0.3 is 0 Å². The normalized spacial score (nSPS) is 21.5. The van der Waals surface area contributed by atoms with Gasteiger partial charge in [0, 0.05) is 11.3 Å². The maximum absolute atomic E-state index is 14.2. The van der Waals surface area contributed by atoms with Gasteiger partial charge in [-0.2, -0.15) is 0 Å². The number of hydrogen-bond donors (Lipinski definition) is 1. The summed E-state index contributed by atoms with van der Waals surface area (Å²) in [5.41, 5.74) is 6.16. The van der Waals surface area contributed by atoms with Crippen LogP contribution in [0.1, 0.15) is 12.5 Å². The molecule has 3 rings (SSSR count). The highest BCUT2D eigenvalue weighted by atomic mass is 19.1. The Hall–Kier alpha value is -2.43. The molecule has 1 aliphatic heterocycles. The van der Waals surface area contributed by atoms with Crippen molar-refractivity contribution in [2.24, 2.45) is 10.7 Å². The van der Waals surface area contributed by atoms with Crippen LogP contribution in [0.2, 0.25) is 0 Å². The van der Waals surface area contributed by atoms with Crippen molar-refractivity contribution in [1.29, 1.82) is 0 Å². The van der Waals surface area contributed by atoms with Crippen molar-refractivity contribution in [2.45, 2.75) is 12.5 Å². The van der Waals surface area contributed by atoms with Crippen LogP contribution in [-0.2, 0) is 5.54 Å². The third-order valence-electron chi connectivity index (χ3n) is 3.79. The summed E-state index contributed by atoms with van der Waals surface area (Å²) >= 11 is 0. The summed E-state index contributed by atoms with van der Waals surface area (Å²) < 4.78 is 27.7. The number of aliphatic imine (C=N–C) groups is 1. The molecule has 2 aromatic rings. The first-order valence-electron chi connectivity index (χ1n) is 6.63. The molecule has 5 heteroatoms. The number of anilines is 1. The Bertz CT molecular complexity index is 700. The molecule has 108 valence electrons. The van der Waals surface area contributed by atoms with Gasteiger partial charge in [-0.05, 0) is 37.3 Å². The third kappa shape index (κ3) is 2.14. The Morgan fingerprint density at radius 3 is 2.57 bits per heavy atom. The number of benzene rings is 2. The average molecular weight is 287 g/mol. The summed E-state index contributed by atoms with van der Waals surface area (Å²) in [7, 11) is 0. The third-order valence-corrected chi connectivity index (χ3v) is 3.79. The summed E-state index contributed by atoms with van der Waals surface area (Å²) in [5, 5.41) is 0.